The average Bonchev–Trinajstić information content (AvgIpc) is 3.02. The van der Waals surface area contributed by atoms with Crippen molar-refractivity contribution in [3.05, 3.63) is 65.9 Å². The number of aliphatic carboxylic acids is 2. The van der Waals surface area contributed by atoms with E-state index < -0.39 is 41.8 Å². The second-order valence-corrected chi connectivity index (χ2v) is 10.4. The topological polar surface area (TPSA) is 202 Å². The molecule has 2 aromatic carbocycles. The van der Waals surface area contributed by atoms with Crippen LogP contribution < -0.4 is 15.8 Å². The minimum atomic E-state index is -1.38. The normalized spacial score (nSPS) is 14.4. The summed E-state index contributed by atoms with van der Waals surface area (Å²) >= 11 is 0. The van der Waals surface area contributed by atoms with Crippen LogP contribution in [0.15, 0.2) is 54.6 Å². The number of nitrogens with two attached hydrogens (primary N) is 1. The number of carboxylic acid groups (broad SMARTS) is 2. The van der Waals surface area contributed by atoms with E-state index in [1.54, 1.807) is 55.5 Å². The van der Waals surface area contributed by atoms with Crippen LogP contribution in [0.1, 0.15) is 29.4 Å². The summed E-state index contributed by atoms with van der Waals surface area (Å²) in [6.45, 7) is 2.62. The summed E-state index contributed by atoms with van der Waals surface area (Å²) in [5, 5.41) is 22.1. The Kier molecular flexibility index (Phi) is 10.9. The number of piperazine rings is 1. The Hall–Kier alpha value is -5.24. The molecule has 3 amide bonds. The molecule has 0 spiro atoms. The quantitative estimate of drug-likeness (QED) is 0.216. The minimum Gasteiger partial charge on any atom is -0.481 e. The Morgan fingerprint density at radius 1 is 0.956 bits per heavy atom. The minimum absolute atomic E-state index is 0.0149. The van der Waals surface area contributed by atoms with Gasteiger partial charge in [-0.2, -0.15) is 0 Å². The van der Waals surface area contributed by atoms with Crippen molar-refractivity contribution >= 4 is 40.7 Å². The number of pyridine rings is 1. The van der Waals surface area contributed by atoms with Gasteiger partial charge in [-0.1, -0.05) is 24.3 Å². The first-order valence-corrected chi connectivity index (χ1v) is 14.4. The zero-order chi connectivity index (χ0) is 32.5. The van der Waals surface area contributed by atoms with Gasteiger partial charge < -0.3 is 40.5 Å². The molecule has 5 N–H and O–H groups in total. The van der Waals surface area contributed by atoms with E-state index >= 15 is 0 Å². The van der Waals surface area contributed by atoms with Gasteiger partial charge >= 0.3 is 18.0 Å². The SMILES string of the molecule is CCOC(=O)N1CCN(C(=O)C(CCNC(=O)c2cc(Oc3cccc(CC(N)C(=O)O)c3)c3ccccc3n2)C(=O)O)CC1. The van der Waals surface area contributed by atoms with E-state index in [1.165, 1.54) is 15.9 Å². The number of carboxylic acids is 2. The Morgan fingerprint density at radius 3 is 2.36 bits per heavy atom. The van der Waals surface area contributed by atoms with E-state index in [9.17, 15) is 29.1 Å². The van der Waals surface area contributed by atoms with Crippen molar-refractivity contribution in [2.75, 3.05) is 39.3 Å². The number of amides is 3. The van der Waals surface area contributed by atoms with E-state index in [-0.39, 0.29) is 57.9 Å². The van der Waals surface area contributed by atoms with Crippen molar-refractivity contribution in [1.82, 2.24) is 20.1 Å². The van der Waals surface area contributed by atoms with Gasteiger partial charge in [0.25, 0.3) is 5.91 Å². The molecule has 3 aromatic rings. The number of hydrogen-bond donors (Lipinski definition) is 4. The van der Waals surface area contributed by atoms with Gasteiger partial charge in [0.05, 0.1) is 12.1 Å². The summed E-state index contributed by atoms with van der Waals surface area (Å²) in [6.07, 6.45) is -0.534. The number of benzene rings is 2. The van der Waals surface area contributed by atoms with Crippen LogP contribution in [0.2, 0.25) is 0 Å². The van der Waals surface area contributed by atoms with Crippen LogP contribution in [0.3, 0.4) is 0 Å². The molecule has 2 atom stereocenters. The number of rotatable bonds is 12. The molecule has 1 aliphatic heterocycles. The highest BCUT2D eigenvalue weighted by Crippen LogP contribution is 2.30. The first-order valence-electron chi connectivity index (χ1n) is 14.4. The molecule has 238 valence electrons. The van der Waals surface area contributed by atoms with Gasteiger partial charge in [-0.25, -0.2) is 9.78 Å². The van der Waals surface area contributed by atoms with Crippen molar-refractivity contribution < 1.29 is 43.7 Å². The third kappa shape index (κ3) is 8.44. The van der Waals surface area contributed by atoms with E-state index in [2.05, 4.69) is 10.3 Å². The lowest BCUT2D eigenvalue weighted by molar-refractivity contribution is -0.152. The van der Waals surface area contributed by atoms with Gasteiger partial charge in [0.1, 0.15) is 29.2 Å². The number of para-hydroxylation sites is 1. The zero-order valence-electron chi connectivity index (χ0n) is 24.7. The van der Waals surface area contributed by atoms with Crippen molar-refractivity contribution in [3.63, 3.8) is 0 Å². The summed E-state index contributed by atoms with van der Waals surface area (Å²) in [6, 6.07) is 14.2. The number of carbonyl (C=O) groups is 5. The molecule has 2 unspecified atom stereocenters. The van der Waals surface area contributed by atoms with Crippen LogP contribution in [0.4, 0.5) is 4.79 Å². The summed E-state index contributed by atoms with van der Waals surface area (Å²) in [5.41, 5.74) is 6.81. The van der Waals surface area contributed by atoms with Gasteiger partial charge in [0.2, 0.25) is 5.91 Å². The highest BCUT2D eigenvalue weighted by molar-refractivity contribution is 5.98. The van der Waals surface area contributed by atoms with Crippen molar-refractivity contribution in [2.45, 2.75) is 25.8 Å². The maximum absolute atomic E-state index is 13.1. The molecule has 2 heterocycles. The summed E-state index contributed by atoms with van der Waals surface area (Å²) in [7, 11) is 0. The molecular formula is C31H35N5O9. The van der Waals surface area contributed by atoms with E-state index in [0.717, 1.165) is 0 Å². The van der Waals surface area contributed by atoms with Gasteiger partial charge in [-0.15, -0.1) is 0 Å². The third-order valence-electron chi connectivity index (χ3n) is 7.24. The van der Waals surface area contributed by atoms with Crippen molar-refractivity contribution in [1.29, 1.82) is 0 Å². The highest BCUT2D eigenvalue weighted by atomic mass is 16.6. The Morgan fingerprint density at radius 2 is 1.67 bits per heavy atom. The van der Waals surface area contributed by atoms with Crippen LogP contribution in [0.5, 0.6) is 11.5 Å². The molecule has 1 aliphatic rings. The molecule has 4 rings (SSSR count). The fraction of sp³-hybridized carbons (Fsp3) is 0.355. The van der Waals surface area contributed by atoms with Gasteiger partial charge in [-0.3, -0.25) is 19.2 Å². The predicted molar refractivity (Wildman–Crippen MR) is 161 cm³/mol. The van der Waals surface area contributed by atoms with Crippen LogP contribution >= 0.6 is 0 Å². The maximum atomic E-state index is 13.1. The molecule has 0 saturated carbocycles. The standard InChI is InChI=1S/C31H35N5O9/c1-2-44-31(43)36-14-12-35(13-15-36)28(38)22(29(39)40)10-11-33-27(37)25-18-26(21-8-3-4-9-24(21)34-25)45-20-7-5-6-19(16-20)17-23(32)30(41)42/h3-9,16,18,22-23H,2,10-15,17,32H2,1H3,(H,33,37)(H,39,40)(H,41,42). The zero-order valence-corrected chi connectivity index (χ0v) is 24.7. The Bertz CT molecular complexity index is 1570. The fourth-order valence-electron chi connectivity index (χ4n) is 4.87. The molecule has 1 aromatic heterocycles. The van der Waals surface area contributed by atoms with Crippen molar-refractivity contribution in [3.8, 4) is 11.5 Å². The van der Waals surface area contributed by atoms with Crippen LogP contribution in [-0.2, 0) is 25.5 Å². The van der Waals surface area contributed by atoms with Crippen LogP contribution in [0, 0.1) is 5.92 Å². The predicted octanol–water partition coefficient (Wildman–Crippen LogP) is 2.10. The molecule has 14 heteroatoms. The molecule has 1 saturated heterocycles. The number of carbonyl (C=O) groups excluding carboxylic acids is 3. The van der Waals surface area contributed by atoms with Gasteiger partial charge in [-0.05, 0) is 49.6 Å². The molecule has 14 nitrogen and oxygen atoms in total. The Balaban J connectivity index is 1.42. The molecular weight excluding hydrogens is 586 g/mol. The van der Waals surface area contributed by atoms with Crippen LogP contribution in [0.25, 0.3) is 10.9 Å². The molecule has 0 bridgehead atoms. The molecule has 1 fully saturated rings. The smallest absolute Gasteiger partial charge is 0.409 e. The fourth-order valence-corrected chi connectivity index (χ4v) is 4.87. The first kappa shape index (κ1) is 32.7. The van der Waals surface area contributed by atoms with Crippen molar-refractivity contribution in [2.24, 2.45) is 11.7 Å². The number of nitrogens with zero attached hydrogens (tertiary/aromatic N) is 3. The second-order valence-electron chi connectivity index (χ2n) is 10.4. The number of nitrogens with one attached hydrogen (secondary N) is 1. The molecule has 0 aliphatic carbocycles. The highest BCUT2D eigenvalue weighted by Gasteiger charge is 2.33. The Labute approximate surface area is 258 Å². The number of hydrogen-bond acceptors (Lipinski definition) is 9. The number of ether oxygens (including phenoxy) is 2. The number of aromatic nitrogens is 1. The van der Waals surface area contributed by atoms with E-state index in [4.69, 9.17) is 20.3 Å². The van der Waals surface area contributed by atoms with Gasteiger partial charge in [0.15, 0.2) is 0 Å². The average molecular weight is 622 g/mol. The summed E-state index contributed by atoms with van der Waals surface area (Å²) in [4.78, 5) is 68.4. The van der Waals surface area contributed by atoms with Crippen LogP contribution in [-0.4, -0.2) is 100 Å². The monoisotopic (exact) mass is 621 g/mol. The van der Waals surface area contributed by atoms with Gasteiger partial charge in [0, 0.05) is 44.2 Å². The molecule has 45 heavy (non-hydrogen) atoms. The first-order chi connectivity index (χ1) is 21.6. The number of fused-ring (bicyclic) bond motifs is 1. The third-order valence-corrected chi connectivity index (χ3v) is 7.24. The van der Waals surface area contributed by atoms with E-state index in [0.29, 0.717) is 28.0 Å². The summed E-state index contributed by atoms with van der Waals surface area (Å²) < 4.78 is 11.1. The second kappa shape index (κ2) is 15.0. The summed E-state index contributed by atoms with van der Waals surface area (Å²) in [5.74, 6) is -4.27. The van der Waals surface area contributed by atoms with E-state index in [1.807, 2.05) is 0 Å². The lowest BCUT2D eigenvalue weighted by Gasteiger charge is -2.35. The maximum Gasteiger partial charge on any atom is 0.409 e. The molecule has 0 radical (unpaired) electrons. The largest absolute Gasteiger partial charge is 0.481 e. The lowest BCUT2D eigenvalue weighted by Crippen LogP contribution is -2.53. The lowest BCUT2D eigenvalue weighted by atomic mass is 10.0.